The maximum Gasteiger partial charge on any atom is 0.162 e. The molecular formula is C21H21N5S. The molecule has 1 aromatic carbocycles. The highest BCUT2D eigenvalue weighted by Crippen LogP contribution is 2.40. The summed E-state index contributed by atoms with van der Waals surface area (Å²) in [6, 6.07) is 10.4. The fraction of sp³-hybridized carbons (Fsp3) is 0.286. The predicted octanol–water partition coefficient (Wildman–Crippen LogP) is 4.01. The van der Waals surface area contributed by atoms with Crippen LogP contribution >= 0.6 is 11.3 Å². The number of fused-ring (bicyclic) bond motifs is 3. The highest BCUT2D eigenvalue weighted by molar-refractivity contribution is 7.26. The molecule has 0 aliphatic carbocycles. The van der Waals surface area contributed by atoms with E-state index in [1.165, 1.54) is 20.3 Å². The molecule has 4 aromatic rings. The molecular weight excluding hydrogens is 354 g/mol. The van der Waals surface area contributed by atoms with Gasteiger partial charge in [0, 0.05) is 47.7 Å². The lowest BCUT2D eigenvalue weighted by molar-refractivity contribution is 0.724. The van der Waals surface area contributed by atoms with Crippen LogP contribution < -0.4 is 10.2 Å². The summed E-state index contributed by atoms with van der Waals surface area (Å²) >= 11 is 1.81. The SMILES string of the molecule is Cc1cccc2sc3c(N4CCCNCC4)nc(-c4ccncc4)nc3c12. The highest BCUT2D eigenvalue weighted by Gasteiger charge is 2.20. The van der Waals surface area contributed by atoms with E-state index in [1.807, 2.05) is 23.5 Å². The molecule has 4 heterocycles. The van der Waals surface area contributed by atoms with Gasteiger partial charge in [0.25, 0.3) is 0 Å². The van der Waals surface area contributed by atoms with Crippen LogP contribution in [-0.2, 0) is 0 Å². The van der Waals surface area contributed by atoms with Crippen LogP contribution in [0.25, 0.3) is 31.7 Å². The van der Waals surface area contributed by atoms with Crippen molar-refractivity contribution in [2.75, 3.05) is 31.1 Å². The molecule has 1 fully saturated rings. The number of nitrogens with one attached hydrogen (secondary N) is 1. The summed E-state index contributed by atoms with van der Waals surface area (Å²) in [5.74, 6) is 1.84. The van der Waals surface area contributed by atoms with Gasteiger partial charge in [-0.25, -0.2) is 9.97 Å². The molecule has 1 saturated heterocycles. The van der Waals surface area contributed by atoms with E-state index < -0.39 is 0 Å². The van der Waals surface area contributed by atoms with E-state index in [9.17, 15) is 0 Å². The second kappa shape index (κ2) is 6.87. The lowest BCUT2D eigenvalue weighted by atomic mass is 10.1. The van der Waals surface area contributed by atoms with E-state index in [1.54, 1.807) is 12.4 Å². The van der Waals surface area contributed by atoms with Gasteiger partial charge in [-0.2, -0.15) is 0 Å². The Hall–Kier alpha value is -2.57. The van der Waals surface area contributed by atoms with Gasteiger partial charge >= 0.3 is 0 Å². The Balaban J connectivity index is 1.80. The molecule has 1 aliphatic rings. The first kappa shape index (κ1) is 16.6. The molecule has 0 spiro atoms. The maximum absolute atomic E-state index is 5.03. The van der Waals surface area contributed by atoms with E-state index in [4.69, 9.17) is 9.97 Å². The summed E-state index contributed by atoms with van der Waals surface area (Å²) in [5, 5.41) is 4.74. The summed E-state index contributed by atoms with van der Waals surface area (Å²) < 4.78 is 2.47. The van der Waals surface area contributed by atoms with Crippen molar-refractivity contribution >= 4 is 37.5 Å². The monoisotopic (exact) mass is 375 g/mol. The third-order valence-electron chi connectivity index (χ3n) is 5.11. The molecule has 136 valence electrons. The number of hydrogen-bond donors (Lipinski definition) is 1. The summed E-state index contributed by atoms with van der Waals surface area (Å²) in [7, 11) is 0. The smallest absolute Gasteiger partial charge is 0.162 e. The zero-order chi connectivity index (χ0) is 18.2. The molecule has 0 bridgehead atoms. The van der Waals surface area contributed by atoms with Gasteiger partial charge in [0.15, 0.2) is 11.6 Å². The summed E-state index contributed by atoms with van der Waals surface area (Å²) in [5.41, 5.74) is 3.35. The Morgan fingerprint density at radius 3 is 2.81 bits per heavy atom. The van der Waals surface area contributed by atoms with E-state index in [0.29, 0.717) is 0 Å². The zero-order valence-electron chi connectivity index (χ0n) is 15.3. The van der Waals surface area contributed by atoms with E-state index in [0.717, 1.165) is 55.3 Å². The second-order valence-electron chi connectivity index (χ2n) is 6.93. The fourth-order valence-electron chi connectivity index (χ4n) is 3.74. The minimum atomic E-state index is 0.778. The van der Waals surface area contributed by atoms with E-state index in [-0.39, 0.29) is 0 Å². The molecule has 0 unspecified atom stereocenters. The lowest BCUT2D eigenvalue weighted by Crippen LogP contribution is -2.28. The average Bonchev–Trinajstić information content (AvgIpc) is 2.88. The fourth-order valence-corrected chi connectivity index (χ4v) is 4.98. The molecule has 0 radical (unpaired) electrons. The van der Waals surface area contributed by atoms with Gasteiger partial charge in [0.1, 0.15) is 0 Å². The molecule has 0 amide bonds. The molecule has 5 nitrogen and oxygen atoms in total. The van der Waals surface area contributed by atoms with Gasteiger partial charge in [-0.3, -0.25) is 4.98 Å². The number of pyridine rings is 1. The van der Waals surface area contributed by atoms with Crippen LogP contribution in [0.2, 0.25) is 0 Å². The van der Waals surface area contributed by atoms with Crippen molar-refractivity contribution in [1.82, 2.24) is 20.3 Å². The van der Waals surface area contributed by atoms with Crippen molar-refractivity contribution in [2.24, 2.45) is 0 Å². The molecule has 6 heteroatoms. The van der Waals surface area contributed by atoms with Crippen molar-refractivity contribution in [3.63, 3.8) is 0 Å². The standard InChI is InChI=1S/C21H21N5S/c1-14-4-2-5-16-17(14)18-19(27-16)21(26-12-3-8-22-11-13-26)25-20(24-18)15-6-9-23-10-7-15/h2,4-7,9-10,22H,3,8,11-13H2,1H3. The molecule has 3 aromatic heterocycles. The Labute approximate surface area is 162 Å². The Kier molecular flexibility index (Phi) is 4.22. The highest BCUT2D eigenvalue weighted by atomic mass is 32.1. The third kappa shape index (κ3) is 2.95. The van der Waals surface area contributed by atoms with Crippen molar-refractivity contribution < 1.29 is 0 Å². The number of hydrogen-bond acceptors (Lipinski definition) is 6. The second-order valence-corrected chi connectivity index (χ2v) is 7.98. The number of aromatic nitrogens is 3. The largest absolute Gasteiger partial charge is 0.354 e. The van der Waals surface area contributed by atoms with Crippen LogP contribution in [0.4, 0.5) is 5.82 Å². The van der Waals surface area contributed by atoms with E-state index >= 15 is 0 Å². The van der Waals surface area contributed by atoms with Gasteiger partial charge < -0.3 is 10.2 Å². The van der Waals surface area contributed by atoms with Crippen molar-refractivity contribution in [2.45, 2.75) is 13.3 Å². The molecule has 0 saturated carbocycles. The molecule has 5 rings (SSSR count). The van der Waals surface area contributed by atoms with Gasteiger partial charge in [-0.15, -0.1) is 11.3 Å². The molecule has 1 N–H and O–H groups in total. The summed E-state index contributed by atoms with van der Waals surface area (Å²) in [6.07, 6.45) is 4.73. The zero-order valence-corrected chi connectivity index (χ0v) is 16.1. The maximum atomic E-state index is 5.03. The van der Waals surface area contributed by atoms with E-state index in [2.05, 4.69) is 40.3 Å². The first-order valence-electron chi connectivity index (χ1n) is 9.37. The molecule has 1 aliphatic heterocycles. The number of anilines is 1. The topological polar surface area (TPSA) is 53.9 Å². The average molecular weight is 376 g/mol. The summed E-state index contributed by atoms with van der Waals surface area (Å²) in [6.45, 7) is 6.20. The third-order valence-corrected chi connectivity index (χ3v) is 6.25. The lowest BCUT2D eigenvalue weighted by Gasteiger charge is -2.22. The van der Waals surface area contributed by atoms with Gasteiger partial charge in [0.05, 0.1) is 10.2 Å². The first-order valence-corrected chi connectivity index (χ1v) is 10.2. The number of aryl methyl sites for hydroxylation is 1. The van der Waals surface area contributed by atoms with Crippen LogP contribution in [0, 0.1) is 6.92 Å². The normalized spacial score (nSPS) is 15.4. The predicted molar refractivity (Wildman–Crippen MR) is 113 cm³/mol. The van der Waals surface area contributed by atoms with Gasteiger partial charge in [-0.05, 0) is 43.7 Å². The van der Waals surface area contributed by atoms with Crippen LogP contribution in [-0.4, -0.2) is 41.1 Å². The molecule has 0 atom stereocenters. The minimum absolute atomic E-state index is 0.778. The Morgan fingerprint density at radius 2 is 1.93 bits per heavy atom. The Bertz CT molecular complexity index is 1100. The number of nitrogens with zero attached hydrogens (tertiary/aromatic N) is 4. The number of rotatable bonds is 2. The first-order chi connectivity index (χ1) is 13.3. The minimum Gasteiger partial charge on any atom is -0.354 e. The van der Waals surface area contributed by atoms with Crippen molar-refractivity contribution in [3.05, 3.63) is 48.3 Å². The van der Waals surface area contributed by atoms with Crippen LogP contribution in [0.5, 0.6) is 0 Å². The van der Waals surface area contributed by atoms with Crippen LogP contribution in [0.1, 0.15) is 12.0 Å². The number of benzene rings is 1. The van der Waals surface area contributed by atoms with Crippen molar-refractivity contribution in [1.29, 1.82) is 0 Å². The van der Waals surface area contributed by atoms with Crippen molar-refractivity contribution in [3.8, 4) is 11.4 Å². The number of thiophene rings is 1. The van der Waals surface area contributed by atoms with Crippen LogP contribution in [0.3, 0.4) is 0 Å². The van der Waals surface area contributed by atoms with Gasteiger partial charge in [-0.1, -0.05) is 12.1 Å². The summed E-state index contributed by atoms with van der Waals surface area (Å²) in [4.78, 5) is 16.6. The Morgan fingerprint density at radius 1 is 1.04 bits per heavy atom. The van der Waals surface area contributed by atoms with Gasteiger partial charge in [0.2, 0.25) is 0 Å². The quantitative estimate of drug-likeness (QED) is 0.574. The molecule has 27 heavy (non-hydrogen) atoms. The van der Waals surface area contributed by atoms with Crippen LogP contribution in [0.15, 0.2) is 42.7 Å².